The summed E-state index contributed by atoms with van der Waals surface area (Å²) in [5.74, 6) is 3.01. The fourth-order valence-electron chi connectivity index (χ4n) is 2.62. The first kappa shape index (κ1) is 21.9. The quantitative estimate of drug-likeness (QED) is 0.291. The van der Waals surface area contributed by atoms with Gasteiger partial charge in [-0.2, -0.15) is 0 Å². The minimum atomic E-state index is -1.33. The van der Waals surface area contributed by atoms with Crippen molar-refractivity contribution in [2.75, 3.05) is 23.0 Å². The molecule has 0 aliphatic carbocycles. The number of unbranched alkanes of at least 4 members (excludes halogenated alkanes) is 1. The van der Waals surface area contributed by atoms with E-state index in [1.165, 1.54) is 0 Å². The number of pyridine rings is 1. The predicted molar refractivity (Wildman–Crippen MR) is 110 cm³/mol. The molecule has 1 unspecified atom stereocenters. The Labute approximate surface area is 158 Å². The molecule has 0 aliphatic heterocycles. The highest BCUT2D eigenvalue weighted by Crippen LogP contribution is 2.56. The maximum absolute atomic E-state index is 15.2. The van der Waals surface area contributed by atoms with Gasteiger partial charge in [-0.1, -0.05) is 38.5 Å². The van der Waals surface area contributed by atoms with Crippen LogP contribution in [0.2, 0.25) is 0 Å². The van der Waals surface area contributed by atoms with Gasteiger partial charge in [0.05, 0.1) is 11.4 Å². The molecule has 0 amide bonds. The predicted octanol–water partition coefficient (Wildman–Crippen LogP) is 5.48. The summed E-state index contributed by atoms with van der Waals surface area (Å²) in [6.07, 6.45) is 1.81. The van der Waals surface area contributed by atoms with Crippen LogP contribution < -0.4 is 0 Å². The highest BCUT2D eigenvalue weighted by molar-refractivity contribution is 9.10. The average molecular weight is 439 g/mol. The second-order valence-electron chi connectivity index (χ2n) is 5.57. The lowest BCUT2D eigenvalue weighted by Gasteiger charge is -2.38. The molecule has 1 aromatic heterocycles. The minimum Gasteiger partial charge on any atom is -0.591 e. The summed E-state index contributed by atoms with van der Waals surface area (Å²) in [7, 11) is -1.22. The summed E-state index contributed by atoms with van der Waals surface area (Å²) in [6, 6.07) is 1.81. The van der Waals surface area contributed by atoms with Crippen molar-refractivity contribution in [2.45, 2.75) is 52.4 Å². The van der Waals surface area contributed by atoms with Gasteiger partial charge in [-0.15, -0.1) is 0 Å². The van der Waals surface area contributed by atoms with E-state index in [0.29, 0.717) is 16.1 Å². The largest absolute Gasteiger partial charge is 0.591 e. The third-order valence-corrected chi connectivity index (χ3v) is 10.3. The molecule has 0 spiro atoms. The Balaban J connectivity index is 3.34. The van der Waals surface area contributed by atoms with Gasteiger partial charge in [-0.25, -0.2) is 19.4 Å². The van der Waals surface area contributed by atoms with Crippen LogP contribution in [0.25, 0.3) is 0 Å². The molecule has 0 aliphatic rings. The molecular weight excluding hydrogens is 411 g/mol. The maximum atomic E-state index is 15.2. The van der Waals surface area contributed by atoms with Gasteiger partial charge in [0.25, 0.3) is 0 Å². The van der Waals surface area contributed by atoms with Crippen LogP contribution in [0.1, 0.15) is 53.2 Å². The third kappa shape index (κ3) is 5.19. The topological polar surface area (TPSA) is 48.3 Å². The summed E-state index contributed by atoms with van der Waals surface area (Å²) in [4.78, 5) is 5.02. The Morgan fingerprint density at radius 1 is 1.29 bits per heavy atom. The van der Waals surface area contributed by atoms with Gasteiger partial charge < -0.3 is 4.55 Å². The van der Waals surface area contributed by atoms with E-state index < -0.39 is 21.4 Å². The summed E-state index contributed by atoms with van der Waals surface area (Å²) in [6.45, 7) is 10.1. The van der Waals surface area contributed by atoms with Crippen molar-refractivity contribution in [1.82, 2.24) is 4.98 Å². The summed E-state index contributed by atoms with van der Waals surface area (Å²) < 4.78 is 32.0. The zero-order chi connectivity index (χ0) is 18.3. The van der Waals surface area contributed by atoms with Gasteiger partial charge in [-0.05, 0) is 52.6 Å². The van der Waals surface area contributed by atoms with E-state index in [0.717, 1.165) is 35.0 Å². The van der Waals surface area contributed by atoms with Gasteiger partial charge in [-0.3, -0.25) is 0 Å². The Kier molecular flexibility index (Phi) is 9.27. The summed E-state index contributed by atoms with van der Waals surface area (Å²) >= 11 is 2.08. The van der Waals surface area contributed by atoms with Crippen LogP contribution in [0.15, 0.2) is 20.0 Å². The van der Waals surface area contributed by atoms with Crippen LogP contribution in [0.4, 0.5) is 4.39 Å². The molecule has 1 rings (SSSR count). The highest BCUT2D eigenvalue weighted by atomic mass is 79.9. The lowest BCUT2D eigenvalue weighted by molar-refractivity contribution is 0.588. The highest BCUT2D eigenvalue weighted by Gasteiger charge is 2.28. The molecule has 0 radical (unpaired) electrons. The van der Waals surface area contributed by atoms with E-state index in [2.05, 4.69) is 46.1 Å². The second-order valence-corrected chi connectivity index (χ2v) is 11.9. The number of aromatic nitrogens is 1. The van der Waals surface area contributed by atoms with Crippen LogP contribution in [-0.2, 0) is 11.4 Å². The maximum Gasteiger partial charge on any atom is 0.163 e. The molecule has 0 saturated carbocycles. The Hall–Kier alpha value is -0.110. The molecule has 1 heterocycles. The van der Waals surface area contributed by atoms with Crippen molar-refractivity contribution in [3.05, 3.63) is 22.2 Å². The number of halogens is 2. The molecule has 0 aromatic carbocycles. The van der Waals surface area contributed by atoms with Crippen LogP contribution in [-0.4, -0.2) is 38.3 Å². The molecule has 0 N–H and O–H groups in total. The van der Waals surface area contributed by atoms with Gasteiger partial charge in [0, 0.05) is 4.90 Å². The standard InChI is InChI=1S/C17H28BrFN2OS2/c1-6-10-11-23(22)21-13(5)17-16(19)14(12-15(18)20-17)24(7-2,8-3)9-4/h12H,6-11H2,1-5H3. The Bertz CT molecular complexity index is 572. The van der Waals surface area contributed by atoms with Gasteiger partial charge in [0.15, 0.2) is 5.82 Å². The van der Waals surface area contributed by atoms with E-state index in [1.54, 1.807) is 6.92 Å². The molecule has 1 aromatic rings. The minimum absolute atomic E-state index is 0.219. The van der Waals surface area contributed by atoms with Gasteiger partial charge in [0.2, 0.25) is 0 Å². The number of hydrogen-bond acceptors (Lipinski definition) is 3. The fraction of sp³-hybridized carbons (Fsp3) is 0.647. The molecule has 3 nitrogen and oxygen atoms in total. The molecule has 1 atom stereocenters. The Morgan fingerprint density at radius 3 is 2.38 bits per heavy atom. The fourth-order valence-corrected chi connectivity index (χ4v) is 7.19. The van der Waals surface area contributed by atoms with Crippen molar-refractivity contribution >= 4 is 43.0 Å². The van der Waals surface area contributed by atoms with E-state index >= 15 is 4.39 Å². The van der Waals surface area contributed by atoms with E-state index in [9.17, 15) is 4.55 Å². The van der Waals surface area contributed by atoms with E-state index in [1.807, 2.05) is 13.0 Å². The second kappa shape index (κ2) is 10.1. The number of rotatable bonds is 9. The van der Waals surface area contributed by atoms with Crippen LogP contribution >= 0.6 is 26.0 Å². The summed E-state index contributed by atoms with van der Waals surface area (Å²) in [5.41, 5.74) is 0.623. The van der Waals surface area contributed by atoms with Crippen molar-refractivity contribution < 1.29 is 8.94 Å². The molecule has 0 bridgehead atoms. The number of hydrogen-bond donors (Lipinski definition) is 0. The molecule has 7 heteroatoms. The average Bonchev–Trinajstić information content (AvgIpc) is 2.57. The van der Waals surface area contributed by atoms with Crippen molar-refractivity contribution in [2.24, 2.45) is 4.40 Å². The first-order chi connectivity index (χ1) is 11.3. The lowest BCUT2D eigenvalue weighted by Crippen LogP contribution is -2.16. The lowest BCUT2D eigenvalue weighted by atomic mass is 10.2. The molecule has 0 saturated heterocycles. The number of nitrogens with zero attached hydrogens (tertiary/aromatic N) is 2. The first-order valence-electron chi connectivity index (χ1n) is 8.41. The van der Waals surface area contributed by atoms with E-state index in [4.69, 9.17) is 0 Å². The zero-order valence-corrected chi connectivity index (χ0v) is 18.4. The van der Waals surface area contributed by atoms with Crippen molar-refractivity contribution in [1.29, 1.82) is 0 Å². The van der Waals surface area contributed by atoms with Crippen LogP contribution in [0.3, 0.4) is 0 Å². The van der Waals surface area contributed by atoms with Crippen molar-refractivity contribution in [3.63, 3.8) is 0 Å². The van der Waals surface area contributed by atoms with Crippen LogP contribution in [0, 0.1) is 5.82 Å². The molecular formula is C17H28BrFN2OS2. The first-order valence-corrected chi connectivity index (χ1v) is 12.6. The van der Waals surface area contributed by atoms with Crippen LogP contribution in [0.5, 0.6) is 0 Å². The van der Waals surface area contributed by atoms with Gasteiger partial charge >= 0.3 is 0 Å². The normalized spacial score (nSPS) is 14.8. The molecule has 138 valence electrons. The molecule has 24 heavy (non-hydrogen) atoms. The van der Waals surface area contributed by atoms with Crippen molar-refractivity contribution in [3.8, 4) is 0 Å². The third-order valence-electron chi connectivity index (χ3n) is 4.27. The summed E-state index contributed by atoms with van der Waals surface area (Å²) in [5, 5.41) is 0. The smallest absolute Gasteiger partial charge is 0.163 e. The Morgan fingerprint density at radius 2 is 1.88 bits per heavy atom. The monoisotopic (exact) mass is 438 g/mol. The molecule has 0 fully saturated rings. The van der Waals surface area contributed by atoms with E-state index in [-0.39, 0.29) is 11.5 Å². The SMILES string of the molecule is CCCC[S+]([O-])N=C(C)c1nc(Br)cc(S(CC)(CC)CC)c1F. The van der Waals surface area contributed by atoms with Gasteiger partial charge in [0.1, 0.15) is 21.8 Å². The zero-order valence-electron chi connectivity index (χ0n) is 15.2.